The number of carbonyl (C=O) groups is 2. The van der Waals surface area contributed by atoms with Gasteiger partial charge in [-0.3, -0.25) is 14.6 Å². The molecule has 3 atom stereocenters. The van der Waals surface area contributed by atoms with E-state index in [1.807, 2.05) is 0 Å². The van der Waals surface area contributed by atoms with E-state index in [9.17, 15) is 19.8 Å². The van der Waals surface area contributed by atoms with Crippen LogP contribution >= 0.6 is 0 Å². The van der Waals surface area contributed by atoms with E-state index < -0.39 is 17.8 Å². The Kier molecular flexibility index (Phi) is 5.80. The number of amides is 2. The molecule has 1 aliphatic rings. The van der Waals surface area contributed by atoms with Gasteiger partial charge in [0, 0.05) is 24.5 Å². The van der Waals surface area contributed by atoms with Crippen molar-refractivity contribution in [3.05, 3.63) is 66.0 Å². The maximum Gasteiger partial charge on any atom is 0.252 e. The zero-order valence-electron chi connectivity index (χ0n) is 14.5. The van der Waals surface area contributed by atoms with Crippen LogP contribution < -0.4 is 10.6 Å². The SMILES string of the molecule is O=C(NC[C@H]1OC[C@@](O)(CNC(=O)c2ccccc2)[C@@H]1O)c1cccnc1. The van der Waals surface area contributed by atoms with Crippen LogP contribution in [0.5, 0.6) is 0 Å². The van der Waals surface area contributed by atoms with Gasteiger partial charge in [-0.2, -0.15) is 0 Å². The molecule has 2 heterocycles. The third-order valence-corrected chi connectivity index (χ3v) is 4.43. The van der Waals surface area contributed by atoms with Gasteiger partial charge in [-0.25, -0.2) is 0 Å². The van der Waals surface area contributed by atoms with E-state index in [0.717, 1.165) is 0 Å². The van der Waals surface area contributed by atoms with Crippen molar-refractivity contribution in [2.24, 2.45) is 0 Å². The summed E-state index contributed by atoms with van der Waals surface area (Å²) in [6, 6.07) is 11.8. The second-order valence-corrected chi connectivity index (χ2v) is 6.40. The molecule has 1 saturated heterocycles. The van der Waals surface area contributed by atoms with Gasteiger partial charge in [0.1, 0.15) is 17.8 Å². The van der Waals surface area contributed by atoms with Crippen molar-refractivity contribution in [3.8, 4) is 0 Å². The van der Waals surface area contributed by atoms with E-state index in [0.29, 0.717) is 11.1 Å². The molecule has 0 aliphatic carbocycles. The number of pyridine rings is 1. The van der Waals surface area contributed by atoms with Crippen LogP contribution in [-0.4, -0.2) is 64.5 Å². The Morgan fingerprint density at radius 3 is 2.52 bits per heavy atom. The zero-order chi connectivity index (χ0) is 19.3. The first-order valence-corrected chi connectivity index (χ1v) is 8.53. The largest absolute Gasteiger partial charge is 0.387 e. The van der Waals surface area contributed by atoms with Gasteiger partial charge >= 0.3 is 0 Å². The quantitative estimate of drug-likeness (QED) is 0.555. The number of rotatable bonds is 6. The fourth-order valence-electron chi connectivity index (χ4n) is 2.82. The molecule has 0 spiro atoms. The van der Waals surface area contributed by atoms with Crippen LogP contribution in [0.4, 0.5) is 0 Å². The highest BCUT2D eigenvalue weighted by molar-refractivity contribution is 5.94. The number of carbonyl (C=O) groups excluding carboxylic acids is 2. The molecule has 142 valence electrons. The lowest BCUT2D eigenvalue weighted by Crippen LogP contribution is -2.53. The summed E-state index contributed by atoms with van der Waals surface area (Å²) in [6.07, 6.45) is 0.938. The minimum Gasteiger partial charge on any atom is -0.387 e. The van der Waals surface area contributed by atoms with Gasteiger partial charge in [0.05, 0.1) is 18.7 Å². The Bertz CT molecular complexity index is 786. The third kappa shape index (κ3) is 4.48. The number of ether oxygens (including phenoxy) is 1. The van der Waals surface area contributed by atoms with Crippen molar-refractivity contribution in [3.63, 3.8) is 0 Å². The summed E-state index contributed by atoms with van der Waals surface area (Å²) in [5.74, 6) is -0.712. The molecule has 0 saturated carbocycles. The molecule has 1 fully saturated rings. The van der Waals surface area contributed by atoms with Crippen LogP contribution in [0.15, 0.2) is 54.9 Å². The second kappa shape index (κ2) is 8.26. The summed E-state index contributed by atoms with van der Waals surface area (Å²) < 4.78 is 5.42. The van der Waals surface area contributed by atoms with Crippen LogP contribution in [0.1, 0.15) is 20.7 Å². The topological polar surface area (TPSA) is 121 Å². The number of hydrogen-bond acceptors (Lipinski definition) is 6. The number of benzene rings is 1. The molecule has 2 amide bonds. The summed E-state index contributed by atoms with van der Waals surface area (Å²) in [6.45, 7) is -0.310. The van der Waals surface area contributed by atoms with Gasteiger partial charge in [0.25, 0.3) is 11.8 Å². The fraction of sp³-hybridized carbons (Fsp3) is 0.316. The minimum absolute atomic E-state index is 0.0177. The lowest BCUT2D eigenvalue weighted by atomic mass is 9.96. The van der Waals surface area contributed by atoms with E-state index >= 15 is 0 Å². The van der Waals surface area contributed by atoms with E-state index in [1.54, 1.807) is 48.7 Å². The number of nitrogens with zero attached hydrogens (tertiary/aromatic N) is 1. The molecule has 1 aromatic carbocycles. The first-order valence-electron chi connectivity index (χ1n) is 8.53. The van der Waals surface area contributed by atoms with Crippen molar-refractivity contribution in [2.45, 2.75) is 17.8 Å². The monoisotopic (exact) mass is 371 g/mol. The molecule has 0 unspecified atom stereocenters. The summed E-state index contributed by atoms with van der Waals surface area (Å²) in [5, 5.41) is 26.2. The van der Waals surface area contributed by atoms with Crippen molar-refractivity contribution in [2.75, 3.05) is 19.7 Å². The van der Waals surface area contributed by atoms with Crippen LogP contribution in [0.25, 0.3) is 0 Å². The van der Waals surface area contributed by atoms with Crippen LogP contribution in [0.3, 0.4) is 0 Å². The highest BCUT2D eigenvalue weighted by Gasteiger charge is 2.48. The molecule has 1 aliphatic heterocycles. The number of nitrogens with one attached hydrogen (secondary N) is 2. The summed E-state index contributed by atoms with van der Waals surface area (Å²) in [4.78, 5) is 28.0. The molecule has 4 N–H and O–H groups in total. The number of hydrogen-bond donors (Lipinski definition) is 4. The molecule has 27 heavy (non-hydrogen) atoms. The minimum atomic E-state index is -1.63. The Balaban J connectivity index is 1.51. The van der Waals surface area contributed by atoms with Gasteiger partial charge in [0.2, 0.25) is 0 Å². The summed E-state index contributed by atoms with van der Waals surface area (Å²) >= 11 is 0. The standard InChI is InChI=1S/C19H21N3O5/c23-16-15(10-21-18(25)14-7-4-8-20-9-14)27-12-19(16,26)11-22-17(24)13-5-2-1-3-6-13/h1-9,15-16,23,26H,10-12H2,(H,21,25)(H,22,24)/t15-,16-,19+/m1/s1. The molecular formula is C19H21N3O5. The summed E-state index contributed by atoms with van der Waals surface area (Å²) in [5.41, 5.74) is -0.793. The van der Waals surface area contributed by atoms with E-state index in [1.165, 1.54) is 6.20 Å². The van der Waals surface area contributed by atoms with Crippen LogP contribution in [0, 0.1) is 0 Å². The predicted molar refractivity (Wildman–Crippen MR) is 96.0 cm³/mol. The third-order valence-electron chi connectivity index (χ3n) is 4.43. The van der Waals surface area contributed by atoms with Gasteiger partial charge in [-0.15, -0.1) is 0 Å². The van der Waals surface area contributed by atoms with E-state index in [-0.39, 0.29) is 31.5 Å². The molecule has 8 heteroatoms. The van der Waals surface area contributed by atoms with Crippen molar-refractivity contribution >= 4 is 11.8 Å². The maximum absolute atomic E-state index is 12.1. The van der Waals surface area contributed by atoms with Gasteiger partial charge in [-0.1, -0.05) is 18.2 Å². The molecule has 1 aromatic heterocycles. The van der Waals surface area contributed by atoms with Crippen LogP contribution in [-0.2, 0) is 4.74 Å². The van der Waals surface area contributed by atoms with Gasteiger partial charge in [0.15, 0.2) is 0 Å². The fourth-order valence-corrected chi connectivity index (χ4v) is 2.82. The van der Waals surface area contributed by atoms with Gasteiger partial charge < -0.3 is 25.6 Å². The molecule has 0 bridgehead atoms. The smallest absolute Gasteiger partial charge is 0.252 e. The Hall–Kier alpha value is -2.81. The Morgan fingerprint density at radius 2 is 1.81 bits per heavy atom. The van der Waals surface area contributed by atoms with Crippen molar-refractivity contribution < 1.29 is 24.5 Å². The lowest BCUT2D eigenvalue weighted by molar-refractivity contribution is -0.0464. The number of aliphatic hydroxyl groups excluding tert-OH is 1. The Morgan fingerprint density at radius 1 is 1.11 bits per heavy atom. The predicted octanol–water partition coefficient (Wildman–Crippen LogP) is -0.268. The molecular weight excluding hydrogens is 350 g/mol. The molecule has 3 rings (SSSR count). The highest BCUT2D eigenvalue weighted by Crippen LogP contribution is 2.24. The maximum atomic E-state index is 12.1. The first-order chi connectivity index (χ1) is 13.0. The Labute approximate surface area is 156 Å². The second-order valence-electron chi connectivity index (χ2n) is 6.40. The number of aromatic nitrogens is 1. The van der Waals surface area contributed by atoms with Crippen molar-refractivity contribution in [1.29, 1.82) is 0 Å². The lowest BCUT2D eigenvalue weighted by Gasteiger charge is -2.26. The average Bonchev–Trinajstić information content (AvgIpc) is 3.00. The van der Waals surface area contributed by atoms with E-state index in [4.69, 9.17) is 4.74 Å². The van der Waals surface area contributed by atoms with Crippen LogP contribution in [0.2, 0.25) is 0 Å². The van der Waals surface area contributed by atoms with Gasteiger partial charge in [-0.05, 0) is 24.3 Å². The normalized spacial score (nSPS) is 24.4. The first kappa shape index (κ1) is 19.0. The number of aliphatic hydroxyl groups is 2. The molecule has 2 aromatic rings. The molecule has 0 radical (unpaired) electrons. The average molecular weight is 371 g/mol. The van der Waals surface area contributed by atoms with E-state index in [2.05, 4.69) is 15.6 Å². The molecule has 8 nitrogen and oxygen atoms in total. The summed E-state index contributed by atoms with van der Waals surface area (Å²) in [7, 11) is 0. The van der Waals surface area contributed by atoms with Crippen molar-refractivity contribution in [1.82, 2.24) is 15.6 Å². The zero-order valence-corrected chi connectivity index (χ0v) is 14.5. The highest BCUT2D eigenvalue weighted by atomic mass is 16.5.